The Labute approximate surface area is 139 Å². The van der Waals surface area contributed by atoms with E-state index in [2.05, 4.69) is 0 Å². The zero-order valence-electron chi connectivity index (χ0n) is 13.5. The van der Waals surface area contributed by atoms with E-state index < -0.39 is 11.6 Å². The number of halogens is 2. The molecule has 5 heteroatoms. The summed E-state index contributed by atoms with van der Waals surface area (Å²) in [5.74, 6) is -0.540. The van der Waals surface area contributed by atoms with Crippen LogP contribution in [0.15, 0.2) is 42.5 Å². The third-order valence-corrected chi connectivity index (χ3v) is 4.18. The number of methoxy groups -OCH3 is 1. The third-order valence-electron chi connectivity index (χ3n) is 4.18. The largest absolute Gasteiger partial charge is 0.497 e. The van der Waals surface area contributed by atoms with Crippen molar-refractivity contribution in [3.8, 4) is 5.75 Å². The quantitative estimate of drug-likeness (QED) is 0.808. The molecule has 126 valence electrons. The molecule has 1 fully saturated rings. The maximum absolute atomic E-state index is 13.9. The van der Waals surface area contributed by atoms with Gasteiger partial charge in [0, 0.05) is 24.2 Å². The van der Waals surface area contributed by atoms with Gasteiger partial charge in [-0.3, -0.25) is 4.79 Å². The Hall–Kier alpha value is -2.43. The Balaban J connectivity index is 1.71. The number of rotatable bonds is 6. The SMILES string of the molecule is COc1ccc(CC(=O)N(Cc2ccc(F)cc2F)C2CC2)cc1. The molecule has 2 aromatic carbocycles. The van der Waals surface area contributed by atoms with Gasteiger partial charge in [-0.1, -0.05) is 18.2 Å². The second-order valence-corrected chi connectivity index (χ2v) is 6.01. The maximum Gasteiger partial charge on any atom is 0.227 e. The van der Waals surface area contributed by atoms with Crippen LogP contribution in [0.25, 0.3) is 0 Å². The second-order valence-electron chi connectivity index (χ2n) is 6.01. The number of nitrogens with zero attached hydrogens (tertiary/aromatic N) is 1. The van der Waals surface area contributed by atoms with Crippen molar-refractivity contribution in [1.82, 2.24) is 4.90 Å². The first-order valence-corrected chi connectivity index (χ1v) is 7.93. The first kappa shape index (κ1) is 16.4. The van der Waals surface area contributed by atoms with Gasteiger partial charge in [-0.05, 0) is 36.6 Å². The maximum atomic E-state index is 13.9. The zero-order chi connectivity index (χ0) is 17.1. The Morgan fingerprint density at radius 1 is 1.17 bits per heavy atom. The lowest BCUT2D eigenvalue weighted by Gasteiger charge is -2.23. The van der Waals surface area contributed by atoms with Gasteiger partial charge in [-0.2, -0.15) is 0 Å². The number of amides is 1. The second kappa shape index (κ2) is 6.99. The molecule has 3 nitrogen and oxygen atoms in total. The molecule has 0 N–H and O–H groups in total. The topological polar surface area (TPSA) is 29.5 Å². The highest BCUT2D eigenvalue weighted by Crippen LogP contribution is 2.29. The lowest BCUT2D eigenvalue weighted by molar-refractivity contribution is -0.131. The number of carbonyl (C=O) groups is 1. The Morgan fingerprint density at radius 3 is 2.46 bits per heavy atom. The van der Waals surface area contributed by atoms with Crippen molar-refractivity contribution in [2.24, 2.45) is 0 Å². The summed E-state index contributed by atoms with van der Waals surface area (Å²) < 4.78 is 32.0. The highest BCUT2D eigenvalue weighted by Gasteiger charge is 2.32. The minimum Gasteiger partial charge on any atom is -0.497 e. The van der Waals surface area contributed by atoms with Crippen LogP contribution in [0, 0.1) is 11.6 Å². The van der Waals surface area contributed by atoms with Crippen LogP contribution in [0.3, 0.4) is 0 Å². The predicted molar refractivity (Wildman–Crippen MR) is 86.6 cm³/mol. The van der Waals surface area contributed by atoms with Crippen LogP contribution in [0.5, 0.6) is 5.75 Å². The number of hydrogen-bond acceptors (Lipinski definition) is 2. The van der Waals surface area contributed by atoms with Crippen LogP contribution in [-0.2, 0) is 17.8 Å². The van der Waals surface area contributed by atoms with E-state index in [-0.39, 0.29) is 24.9 Å². The van der Waals surface area contributed by atoms with Gasteiger partial charge in [0.2, 0.25) is 5.91 Å². The van der Waals surface area contributed by atoms with Crippen LogP contribution >= 0.6 is 0 Å². The summed E-state index contributed by atoms with van der Waals surface area (Å²) in [4.78, 5) is 14.3. The number of carbonyl (C=O) groups excluding carboxylic acids is 1. The molecule has 1 aliphatic rings. The molecule has 0 aromatic heterocycles. The summed E-state index contributed by atoms with van der Waals surface area (Å²) in [5.41, 5.74) is 1.22. The lowest BCUT2D eigenvalue weighted by atomic mass is 10.1. The summed E-state index contributed by atoms with van der Waals surface area (Å²) >= 11 is 0. The van der Waals surface area contributed by atoms with Gasteiger partial charge in [-0.15, -0.1) is 0 Å². The summed E-state index contributed by atoms with van der Waals surface area (Å²) in [6.07, 6.45) is 2.11. The standard InChI is InChI=1S/C19H19F2NO2/c1-24-17-8-2-13(3-9-17)10-19(23)22(16-6-7-16)12-14-4-5-15(20)11-18(14)21/h2-5,8-9,11,16H,6-7,10,12H2,1H3. The Morgan fingerprint density at radius 2 is 1.88 bits per heavy atom. The summed E-state index contributed by atoms with van der Waals surface area (Å²) in [5, 5.41) is 0. The average Bonchev–Trinajstić information content (AvgIpc) is 3.39. The first-order valence-electron chi connectivity index (χ1n) is 7.93. The molecule has 2 aromatic rings. The van der Waals surface area contributed by atoms with Crippen molar-refractivity contribution in [2.75, 3.05) is 7.11 Å². The van der Waals surface area contributed by atoms with Gasteiger partial charge in [0.1, 0.15) is 17.4 Å². The van der Waals surface area contributed by atoms with Gasteiger partial charge in [0.15, 0.2) is 0 Å². The van der Waals surface area contributed by atoms with E-state index in [0.717, 1.165) is 30.2 Å². The molecular formula is C19H19F2NO2. The smallest absolute Gasteiger partial charge is 0.227 e. The molecule has 0 unspecified atom stereocenters. The van der Waals surface area contributed by atoms with Crippen molar-refractivity contribution in [1.29, 1.82) is 0 Å². The van der Waals surface area contributed by atoms with Crippen LogP contribution in [0.2, 0.25) is 0 Å². The first-order chi connectivity index (χ1) is 11.6. The fourth-order valence-corrected chi connectivity index (χ4v) is 2.66. The van der Waals surface area contributed by atoms with Gasteiger partial charge in [0.25, 0.3) is 0 Å². The molecule has 0 aliphatic heterocycles. The highest BCUT2D eigenvalue weighted by molar-refractivity contribution is 5.79. The van der Waals surface area contributed by atoms with Crippen molar-refractivity contribution in [3.05, 3.63) is 65.2 Å². The Kier molecular flexibility index (Phi) is 4.79. The van der Waals surface area contributed by atoms with Crippen molar-refractivity contribution in [2.45, 2.75) is 31.8 Å². The van der Waals surface area contributed by atoms with E-state index in [9.17, 15) is 13.6 Å². The molecule has 0 saturated heterocycles. The van der Waals surface area contributed by atoms with E-state index in [1.807, 2.05) is 24.3 Å². The molecule has 0 radical (unpaired) electrons. The van der Waals surface area contributed by atoms with Crippen LogP contribution < -0.4 is 4.74 Å². The van der Waals surface area contributed by atoms with E-state index >= 15 is 0 Å². The fourth-order valence-electron chi connectivity index (χ4n) is 2.66. The monoisotopic (exact) mass is 331 g/mol. The number of benzene rings is 2. The molecule has 1 amide bonds. The zero-order valence-corrected chi connectivity index (χ0v) is 13.5. The van der Waals surface area contributed by atoms with Crippen LogP contribution in [-0.4, -0.2) is 24.0 Å². The Bertz CT molecular complexity index is 727. The molecule has 0 atom stereocenters. The summed E-state index contributed by atoms with van der Waals surface area (Å²) in [6.45, 7) is 0.172. The molecule has 1 aliphatic carbocycles. The summed E-state index contributed by atoms with van der Waals surface area (Å²) in [6, 6.07) is 10.9. The van der Waals surface area contributed by atoms with E-state index in [1.54, 1.807) is 12.0 Å². The predicted octanol–water partition coefficient (Wildman–Crippen LogP) is 3.71. The van der Waals surface area contributed by atoms with Crippen LogP contribution in [0.1, 0.15) is 24.0 Å². The van der Waals surface area contributed by atoms with Crippen molar-refractivity contribution >= 4 is 5.91 Å². The molecule has 3 rings (SSSR count). The van der Waals surface area contributed by atoms with E-state index in [0.29, 0.717) is 5.56 Å². The molecule has 0 heterocycles. The van der Waals surface area contributed by atoms with Gasteiger partial charge >= 0.3 is 0 Å². The average molecular weight is 331 g/mol. The van der Waals surface area contributed by atoms with E-state index in [1.165, 1.54) is 12.1 Å². The van der Waals surface area contributed by atoms with Crippen molar-refractivity contribution < 1.29 is 18.3 Å². The normalized spacial score (nSPS) is 13.6. The molecule has 0 bridgehead atoms. The molecule has 1 saturated carbocycles. The highest BCUT2D eigenvalue weighted by atomic mass is 19.1. The number of ether oxygens (including phenoxy) is 1. The van der Waals surface area contributed by atoms with Gasteiger partial charge < -0.3 is 9.64 Å². The molecular weight excluding hydrogens is 312 g/mol. The van der Waals surface area contributed by atoms with Crippen LogP contribution in [0.4, 0.5) is 8.78 Å². The minimum atomic E-state index is -0.613. The lowest BCUT2D eigenvalue weighted by Crippen LogP contribution is -2.34. The summed E-state index contributed by atoms with van der Waals surface area (Å²) in [7, 11) is 1.59. The van der Waals surface area contributed by atoms with Crippen molar-refractivity contribution in [3.63, 3.8) is 0 Å². The minimum absolute atomic E-state index is 0.0496. The third kappa shape index (κ3) is 3.91. The van der Waals surface area contributed by atoms with Gasteiger partial charge in [-0.25, -0.2) is 8.78 Å². The van der Waals surface area contributed by atoms with Gasteiger partial charge in [0.05, 0.1) is 13.5 Å². The fraction of sp³-hybridized carbons (Fsp3) is 0.316. The molecule has 24 heavy (non-hydrogen) atoms. The van der Waals surface area contributed by atoms with E-state index in [4.69, 9.17) is 4.74 Å². The number of hydrogen-bond donors (Lipinski definition) is 0. The molecule has 0 spiro atoms.